The number of ether oxygens (including phenoxy) is 2. The molecule has 3 N–H and O–H groups in total. The molecule has 0 radical (unpaired) electrons. The lowest BCUT2D eigenvalue weighted by atomic mass is 10.0. The molecule has 0 aliphatic heterocycles. The van der Waals surface area contributed by atoms with Crippen LogP contribution in [0.1, 0.15) is 213 Å². The standard InChI is InChI=1S/C50H90NO8P/c1-3-5-7-9-11-13-15-17-19-20-21-22-23-24-25-26-27-28-29-31-33-35-37-39-41-43-50(53)59-48(47-58-60(54,55)57-45-44-51)46-56-49(52)42-40-38-36-34-32-30-18-16-14-12-10-8-6-4-2/h10,12,15-18,20-21,23-24,48H,3-9,11,13-14,19,22,25-47,51H2,1-2H3,(H,54,55)/b12-10-,17-15-,18-16-,21-20-,24-23-. The van der Waals surface area contributed by atoms with E-state index in [9.17, 15) is 19.0 Å². The van der Waals surface area contributed by atoms with Gasteiger partial charge < -0.3 is 20.1 Å². The summed E-state index contributed by atoms with van der Waals surface area (Å²) in [7, 11) is -4.39. The van der Waals surface area contributed by atoms with E-state index in [-0.39, 0.29) is 32.6 Å². The lowest BCUT2D eigenvalue weighted by Gasteiger charge is -2.19. The van der Waals surface area contributed by atoms with Crippen molar-refractivity contribution in [2.45, 2.75) is 219 Å². The lowest BCUT2D eigenvalue weighted by Crippen LogP contribution is -2.29. The third-order valence-corrected chi connectivity index (χ3v) is 11.1. The molecule has 0 aromatic rings. The number of rotatable bonds is 45. The Bertz CT molecular complexity index is 1170. The first-order valence-electron chi connectivity index (χ1n) is 24.3. The third-order valence-electron chi connectivity index (χ3n) is 10.1. The Balaban J connectivity index is 4.07. The summed E-state index contributed by atoms with van der Waals surface area (Å²) in [5, 5.41) is 0. The lowest BCUT2D eigenvalue weighted by molar-refractivity contribution is -0.161. The summed E-state index contributed by atoms with van der Waals surface area (Å²) in [5.74, 6) is -0.850. The molecule has 0 heterocycles. The molecule has 0 aromatic heterocycles. The van der Waals surface area contributed by atoms with E-state index in [0.29, 0.717) is 12.8 Å². The van der Waals surface area contributed by atoms with E-state index in [1.54, 1.807) is 0 Å². The van der Waals surface area contributed by atoms with Crippen molar-refractivity contribution in [3.05, 3.63) is 60.8 Å². The van der Waals surface area contributed by atoms with Gasteiger partial charge in [-0.3, -0.25) is 18.6 Å². The van der Waals surface area contributed by atoms with Crippen LogP contribution >= 0.6 is 7.82 Å². The molecule has 0 fully saturated rings. The molecule has 2 atom stereocenters. The second-order valence-electron chi connectivity index (χ2n) is 16.0. The highest BCUT2D eigenvalue weighted by atomic mass is 31.2. The molecular formula is C50H90NO8P. The number of allylic oxidation sites excluding steroid dienone is 10. The molecule has 0 spiro atoms. The number of phosphoric acid groups is 1. The number of phosphoric ester groups is 1. The van der Waals surface area contributed by atoms with Gasteiger partial charge >= 0.3 is 19.8 Å². The summed E-state index contributed by atoms with van der Waals surface area (Å²) in [6.45, 7) is 3.66. The highest BCUT2D eigenvalue weighted by molar-refractivity contribution is 7.47. The molecule has 9 nitrogen and oxygen atoms in total. The molecule has 348 valence electrons. The van der Waals surface area contributed by atoms with Gasteiger partial charge in [-0.15, -0.1) is 0 Å². The van der Waals surface area contributed by atoms with E-state index in [4.69, 9.17) is 24.3 Å². The first kappa shape index (κ1) is 57.7. The van der Waals surface area contributed by atoms with Crippen molar-refractivity contribution in [1.82, 2.24) is 0 Å². The first-order chi connectivity index (χ1) is 29.3. The van der Waals surface area contributed by atoms with Gasteiger partial charge in [0.05, 0.1) is 13.2 Å². The van der Waals surface area contributed by atoms with Crippen molar-refractivity contribution >= 4 is 19.8 Å². The predicted octanol–water partition coefficient (Wildman–Crippen LogP) is 14.4. The summed E-state index contributed by atoms with van der Waals surface area (Å²) in [6, 6.07) is 0. The molecule has 0 aromatic carbocycles. The largest absolute Gasteiger partial charge is 0.472 e. The molecule has 0 amide bonds. The van der Waals surface area contributed by atoms with Crippen LogP contribution < -0.4 is 5.73 Å². The second-order valence-corrected chi connectivity index (χ2v) is 17.4. The van der Waals surface area contributed by atoms with Crippen LogP contribution in [0.4, 0.5) is 0 Å². The minimum Gasteiger partial charge on any atom is -0.462 e. The van der Waals surface area contributed by atoms with Crippen LogP contribution in [-0.4, -0.2) is 49.3 Å². The smallest absolute Gasteiger partial charge is 0.462 e. The first-order valence-corrected chi connectivity index (χ1v) is 25.8. The van der Waals surface area contributed by atoms with Gasteiger partial charge in [-0.05, 0) is 77.0 Å². The fourth-order valence-corrected chi connectivity index (χ4v) is 7.25. The second kappa shape index (κ2) is 46.2. The molecule has 0 aliphatic rings. The number of esters is 2. The average Bonchev–Trinajstić information content (AvgIpc) is 3.24. The topological polar surface area (TPSA) is 134 Å². The van der Waals surface area contributed by atoms with Crippen LogP contribution in [0.25, 0.3) is 0 Å². The van der Waals surface area contributed by atoms with Crippen molar-refractivity contribution < 1.29 is 37.6 Å². The maximum absolute atomic E-state index is 12.6. The fraction of sp³-hybridized carbons (Fsp3) is 0.760. The normalized spacial score (nSPS) is 13.7. The van der Waals surface area contributed by atoms with Crippen molar-refractivity contribution in [2.24, 2.45) is 5.73 Å². The summed E-state index contributed by atoms with van der Waals surface area (Å²) >= 11 is 0. The monoisotopic (exact) mass is 864 g/mol. The molecule has 2 unspecified atom stereocenters. The molecular weight excluding hydrogens is 774 g/mol. The van der Waals surface area contributed by atoms with Gasteiger partial charge in [0.2, 0.25) is 0 Å². The SMILES string of the molecule is CCCC/C=C\C/C=C\CCCCCCCC(=O)OCC(COP(=O)(O)OCCN)OC(=O)CCCCCCCCCCCC/C=C\C/C=C\C/C=C\CCCCCCC. The average molecular weight is 864 g/mol. The van der Waals surface area contributed by atoms with Gasteiger partial charge in [-0.25, -0.2) is 4.57 Å². The van der Waals surface area contributed by atoms with Crippen LogP contribution in [0.3, 0.4) is 0 Å². The zero-order valence-corrected chi connectivity index (χ0v) is 39.3. The molecule has 10 heteroatoms. The Morgan fingerprint density at radius 1 is 0.500 bits per heavy atom. The summed E-state index contributed by atoms with van der Waals surface area (Å²) in [6.07, 6.45) is 55.4. The quantitative estimate of drug-likeness (QED) is 0.0265. The number of carbonyl (C=O) groups excluding carboxylic acids is 2. The summed E-state index contributed by atoms with van der Waals surface area (Å²) < 4.78 is 32.8. The summed E-state index contributed by atoms with van der Waals surface area (Å²) in [4.78, 5) is 35.0. The fourth-order valence-electron chi connectivity index (χ4n) is 6.48. The van der Waals surface area contributed by atoms with Gasteiger partial charge in [0.15, 0.2) is 6.10 Å². The zero-order valence-electron chi connectivity index (χ0n) is 38.4. The maximum atomic E-state index is 12.6. The van der Waals surface area contributed by atoms with E-state index in [1.165, 1.54) is 89.9 Å². The van der Waals surface area contributed by atoms with Crippen LogP contribution in [-0.2, 0) is 32.7 Å². The van der Waals surface area contributed by atoms with E-state index in [1.807, 2.05) is 0 Å². The highest BCUT2D eigenvalue weighted by Crippen LogP contribution is 2.43. The number of unbranched alkanes of at least 4 members (excludes halogenated alkanes) is 22. The van der Waals surface area contributed by atoms with Crippen LogP contribution in [0.15, 0.2) is 60.8 Å². The van der Waals surface area contributed by atoms with Gasteiger partial charge in [-0.1, -0.05) is 184 Å². The van der Waals surface area contributed by atoms with Crippen molar-refractivity contribution in [1.29, 1.82) is 0 Å². The van der Waals surface area contributed by atoms with Crippen molar-refractivity contribution in [2.75, 3.05) is 26.4 Å². The summed E-state index contributed by atoms with van der Waals surface area (Å²) in [5.41, 5.74) is 5.36. The van der Waals surface area contributed by atoms with Gasteiger partial charge in [-0.2, -0.15) is 0 Å². The minimum absolute atomic E-state index is 0.0485. The van der Waals surface area contributed by atoms with Crippen molar-refractivity contribution in [3.8, 4) is 0 Å². The van der Waals surface area contributed by atoms with Gasteiger partial charge in [0.1, 0.15) is 6.61 Å². The van der Waals surface area contributed by atoms with Crippen LogP contribution in [0.2, 0.25) is 0 Å². The van der Waals surface area contributed by atoms with Gasteiger partial charge in [0.25, 0.3) is 0 Å². The highest BCUT2D eigenvalue weighted by Gasteiger charge is 2.26. The Morgan fingerprint density at radius 3 is 1.33 bits per heavy atom. The molecule has 60 heavy (non-hydrogen) atoms. The molecule has 0 saturated carbocycles. The Kier molecular flexibility index (Phi) is 44.5. The van der Waals surface area contributed by atoms with Gasteiger partial charge in [0, 0.05) is 19.4 Å². The number of hydrogen-bond acceptors (Lipinski definition) is 8. The molecule has 0 bridgehead atoms. The van der Waals surface area contributed by atoms with Crippen LogP contribution in [0.5, 0.6) is 0 Å². The van der Waals surface area contributed by atoms with E-state index in [2.05, 4.69) is 74.6 Å². The van der Waals surface area contributed by atoms with E-state index in [0.717, 1.165) is 83.5 Å². The molecule has 0 aliphatic carbocycles. The Hall–Kier alpha value is -2.29. The minimum atomic E-state index is -4.39. The number of carbonyl (C=O) groups is 2. The van der Waals surface area contributed by atoms with Crippen LogP contribution in [0, 0.1) is 0 Å². The third kappa shape index (κ3) is 45.2. The molecule has 0 rings (SSSR count). The Labute approximate surface area is 368 Å². The van der Waals surface area contributed by atoms with Crippen molar-refractivity contribution in [3.63, 3.8) is 0 Å². The maximum Gasteiger partial charge on any atom is 0.472 e. The number of hydrogen-bond donors (Lipinski definition) is 2. The Morgan fingerprint density at radius 2 is 0.883 bits per heavy atom. The predicted molar refractivity (Wildman–Crippen MR) is 252 cm³/mol. The number of nitrogens with two attached hydrogens (primary N) is 1. The molecule has 0 saturated heterocycles. The zero-order chi connectivity index (χ0) is 43.9. The van der Waals surface area contributed by atoms with E-state index >= 15 is 0 Å². The van der Waals surface area contributed by atoms with E-state index < -0.39 is 32.5 Å².